The molecule has 9 heteroatoms. The van der Waals surface area contributed by atoms with Gasteiger partial charge in [-0.05, 0) is 31.9 Å². The predicted octanol–water partition coefficient (Wildman–Crippen LogP) is 4.43. The highest BCUT2D eigenvalue weighted by atomic mass is 19.1. The van der Waals surface area contributed by atoms with E-state index in [2.05, 4.69) is 16.2 Å². The minimum absolute atomic E-state index is 0.00363. The molecule has 1 aliphatic heterocycles. The fourth-order valence-corrected chi connectivity index (χ4v) is 4.55. The van der Waals surface area contributed by atoms with Crippen LogP contribution < -0.4 is 11.5 Å². The van der Waals surface area contributed by atoms with E-state index in [-0.39, 0.29) is 28.8 Å². The van der Waals surface area contributed by atoms with Crippen molar-refractivity contribution in [2.75, 3.05) is 24.7 Å². The number of hydrogen-bond donors (Lipinski definition) is 2. The number of pyridine rings is 1. The minimum atomic E-state index is -0.715. The van der Waals surface area contributed by atoms with E-state index in [1.54, 1.807) is 10.9 Å². The number of benzene rings is 1. The van der Waals surface area contributed by atoms with Crippen LogP contribution in [0.3, 0.4) is 0 Å². The van der Waals surface area contributed by atoms with Crippen molar-refractivity contribution >= 4 is 28.0 Å². The topological polar surface area (TPSA) is 101 Å². The van der Waals surface area contributed by atoms with Crippen molar-refractivity contribution < 1.29 is 18.3 Å². The van der Waals surface area contributed by atoms with Gasteiger partial charge in [-0.2, -0.15) is 5.10 Å². The smallest absolute Gasteiger partial charge is 0.172 e. The van der Waals surface area contributed by atoms with E-state index >= 15 is 0 Å². The molecule has 3 heterocycles. The number of aromatic nitrogens is 3. The summed E-state index contributed by atoms with van der Waals surface area (Å²) in [5.41, 5.74) is 14.4. The first-order valence-corrected chi connectivity index (χ1v) is 10.7. The zero-order chi connectivity index (χ0) is 22.6. The van der Waals surface area contributed by atoms with Gasteiger partial charge in [0, 0.05) is 42.3 Å². The van der Waals surface area contributed by atoms with E-state index in [0.29, 0.717) is 25.0 Å². The van der Waals surface area contributed by atoms with Crippen LogP contribution in [0.5, 0.6) is 0 Å². The van der Waals surface area contributed by atoms with Crippen molar-refractivity contribution in [3.05, 3.63) is 41.6 Å². The minimum Gasteiger partial charge on any atom is -0.396 e. The normalized spacial score (nSPS) is 18.1. The van der Waals surface area contributed by atoms with E-state index in [4.69, 9.17) is 20.9 Å². The van der Waals surface area contributed by atoms with E-state index in [1.807, 2.05) is 13.8 Å². The molecular weight excluding hydrogens is 416 g/mol. The number of nitrogens with two attached hydrogens (primary N) is 2. The van der Waals surface area contributed by atoms with Gasteiger partial charge in [0.15, 0.2) is 5.79 Å². The lowest BCUT2D eigenvalue weighted by Gasteiger charge is -2.31. The van der Waals surface area contributed by atoms with Gasteiger partial charge in [0.25, 0.3) is 0 Å². The second-order valence-electron chi connectivity index (χ2n) is 8.56. The molecule has 2 aliphatic rings. The first kappa shape index (κ1) is 20.8. The number of fused-ring (bicyclic) bond motifs is 1. The number of nitrogen functional groups attached to an aromatic ring is 2. The molecule has 4 N–H and O–H groups in total. The van der Waals surface area contributed by atoms with Crippen LogP contribution in [0.25, 0.3) is 27.7 Å². The molecule has 1 saturated heterocycles. The number of nitrogens with zero attached hydrogens (tertiary/aromatic N) is 3. The molecule has 0 atom stereocenters. The molecule has 3 aromatic rings. The first-order chi connectivity index (χ1) is 15.3. The Morgan fingerprint density at radius 2 is 1.84 bits per heavy atom. The van der Waals surface area contributed by atoms with Crippen molar-refractivity contribution in [2.24, 2.45) is 0 Å². The highest BCUT2D eigenvalue weighted by Crippen LogP contribution is 2.43. The summed E-state index contributed by atoms with van der Waals surface area (Å²) in [5, 5.41) is 5.14. The number of ether oxygens (including phenoxy) is 2. The zero-order valence-corrected chi connectivity index (χ0v) is 18.0. The van der Waals surface area contributed by atoms with E-state index < -0.39 is 17.4 Å². The van der Waals surface area contributed by atoms with Gasteiger partial charge in [-0.25, -0.2) is 13.8 Å². The third kappa shape index (κ3) is 3.23. The van der Waals surface area contributed by atoms with Crippen LogP contribution in [0, 0.1) is 11.6 Å². The van der Waals surface area contributed by atoms with Crippen LogP contribution in [0.2, 0.25) is 0 Å². The molecule has 0 saturated carbocycles. The first-order valence-electron chi connectivity index (χ1n) is 10.7. The Kier molecular flexibility index (Phi) is 4.90. The summed E-state index contributed by atoms with van der Waals surface area (Å²) < 4.78 is 42.5. The van der Waals surface area contributed by atoms with Crippen LogP contribution in [0.15, 0.2) is 24.4 Å². The number of halogens is 2. The summed E-state index contributed by atoms with van der Waals surface area (Å²) >= 11 is 0. The molecule has 7 nitrogen and oxygen atoms in total. The largest absolute Gasteiger partial charge is 0.396 e. The molecule has 2 aromatic heterocycles. The molecule has 1 fully saturated rings. The maximum Gasteiger partial charge on any atom is 0.172 e. The average Bonchev–Trinajstić information content (AvgIpc) is 3.38. The summed E-state index contributed by atoms with van der Waals surface area (Å²) in [5.74, 6) is -1.72. The van der Waals surface area contributed by atoms with E-state index in [9.17, 15) is 8.78 Å². The molecule has 32 heavy (non-hydrogen) atoms. The Hall–Kier alpha value is -3.04. The molecule has 5 rings (SSSR count). The Morgan fingerprint density at radius 3 is 2.50 bits per heavy atom. The fourth-order valence-electron chi connectivity index (χ4n) is 4.55. The average molecular weight is 441 g/mol. The molecule has 0 radical (unpaired) electrons. The quantitative estimate of drug-likeness (QED) is 0.583. The Labute approximate surface area is 184 Å². The second kappa shape index (κ2) is 7.53. The van der Waals surface area contributed by atoms with Crippen LogP contribution in [0.1, 0.15) is 44.7 Å². The summed E-state index contributed by atoms with van der Waals surface area (Å²) in [6.45, 7) is 5.15. The lowest BCUT2D eigenvalue weighted by Crippen LogP contribution is -2.31. The Bertz CT molecular complexity index is 1250. The standard InChI is InChI=1S/C23H25F2N5O2/c1-12(2)30-21-15(13-3-5-23(6-4-13)31-7-8-32-23)11-28-22(27)19(21)20(29-30)14-9-17(25)18(26)10-16(14)24/h3,9-12H,4-8,26H2,1-2H3,(H2,27,28). The van der Waals surface area contributed by atoms with Crippen molar-refractivity contribution in [3.63, 3.8) is 0 Å². The highest BCUT2D eigenvalue weighted by molar-refractivity contribution is 6.05. The lowest BCUT2D eigenvalue weighted by molar-refractivity contribution is -0.159. The maximum absolute atomic E-state index is 14.8. The van der Waals surface area contributed by atoms with Gasteiger partial charge in [-0.15, -0.1) is 0 Å². The second-order valence-corrected chi connectivity index (χ2v) is 8.56. The van der Waals surface area contributed by atoms with Crippen LogP contribution in [-0.2, 0) is 9.47 Å². The van der Waals surface area contributed by atoms with E-state index in [0.717, 1.165) is 41.6 Å². The molecule has 1 aliphatic carbocycles. The van der Waals surface area contributed by atoms with Gasteiger partial charge >= 0.3 is 0 Å². The van der Waals surface area contributed by atoms with Crippen molar-refractivity contribution in [2.45, 2.75) is 44.9 Å². The number of anilines is 2. The summed E-state index contributed by atoms with van der Waals surface area (Å²) in [6, 6.07) is 1.97. The van der Waals surface area contributed by atoms with Gasteiger partial charge in [0.05, 0.1) is 29.8 Å². The Balaban J connectivity index is 1.71. The van der Waals surface area contributed by atoms with Gasteiger partial charge in [-0.3, -0.25) is 4.68 Å². The molecule has 0 bridgehead atoms. The van der Waals surface area contributed by atoms with Gasteiger partial charge in [-0.1, -0.05) is 6.08 Å². The number of allylic oxidation sites excluding steroid dienone is 1. The number of hydrogen-bond acceptors (Lipinski definition) is 6. The monoisotopic (exact) mass is 441 g/mol. The van der Waals surface area contributed by atoms with E-state index in [1.165, 1.54) is 0 Å². The van der Waals surface area contributed by atoms with Crippen LogP contribution >= 0.6 is 0 Å². The molecule has 1 aromatic carbocycles. The summed E-state index contributed by atoms with van der Waals surface area (Å²) in [7, 11) is 0. The van der Waals surface area contributed by atoms with Gasteiger partial charge in [0.1, 0.15) is 23.1 Å². The Morgan fingerprint density at radius 1 is 1.09 bits per heavy atom. The van der Waals surface area contributed by atoms with Crippen molar-refractivity contribution in [1.29, 1.82) is 0 Å². The molecular formula is C23H25F2N5O2. The third-order valence-corrected chi connectivity index (χ3v) is 6.18. The van der Waals surface area contributed by atoms with Crippen LogP contribution in [-0.4, -0.2) is 33.8 Å². The summed E-state index contributed by atoms with van der Waals surface area (Å²) in [6.07, 6.45) is 5.91. The zero-order valence-electron chi connectivity index (χ0n) is 18.0. The molecule has 168 valence electrons. The van der Waals surface area contributed by atoms with Crippen molar-refractivity contribution in [1.82, 2.24) is 14.8 Å². The van der Waals surface area contributed by atoms with Crippen LogP contribution in [0.4, 0.5) is 20.3 Å². The molecule has 0 amide bonds. The lowest BCUT2D eigenvalue weighted by atomic mass is 9.89. The van der Waals surface area contributed by atoms with Gasteiger partial charge < -0.3 is 20.9 Å². The number of rotatable bonds is 3. The van der Waals surface area contributed by atoms with Crippen molar-refractivity contribution in [3.8, 4) is 11.3 Å². The predicted molar refractivity (Wildman–Crippen MR) is 119 cm³/mol. The van der Waals surface area contributed by atoms with Gasteiger partial charge in [0.2, 0.25) is 0 Å². The summed E-state index contributed by atoms with van der Waals surface area (Å²) in [4.78, 5) is 4.38. The SMILES string of the molecule is CC(C)n1nc(-c2cc(F)c(N)cc2F)c2c(N)ncc(C3=CCC4(CC3)OCCO4)c21. The molecule has 0 unspecified atom stereocenters. The maximum atomic E-state index is 14.8. The molecule has 1 spiro atoms. The third-order valence-electron chi connectivity index (χ3n) is 6.18. The highest BCUT2D eigenvalue weighted by Gasteiger charge is 2.38. The fraction of sp³-hybridized carbons (Fsp3) is 0.391.